The highest BCUT2D eigenvalue weighted by Crippen LogP contribution is 2.24. The molecule has 5 heteroatoms. The second-order valence-electron chi connectivity index (χ2n) is 4.15. The number of nitrogens with two attached hydrogens (primary N) is 1. The first-order chi connectivity index (χ1) is 9.16. The Bertz CT molecular complexity index is 812. The molecular weight excluding hydrogens is 245 g/mol. The van der Waals surface area contributed by atoms with Crippen molar-refractivity contribution in [2.24, 2.45) is 0 Å². The first-order valence-electron chi connectivity index (χ1n) is 5.70. The molecule has 0 radical (unpaired) electrons. The van der Waals surface area contributed by atoms with Crippen LogP contribution in [0, 0.1) is 5.82 Å². The molecule has 0 atom stereocenters. The number of hydrogen-bond acceptors (Lipinski definition) is 3. The van der Waals surface area contributed by atoms with Crippen molar-refractivity contribution >= 4 is 10.8 Å². The van der Waals surface area contributed by atoms with Crippen LogP contribution in [0.4, 0.5) is 4.39 Å². The first-order valence-corrected chi connectivity index (χ1v) is 5.70. The van der Waals surface area contributed by atoms with Gasteiger partial charge >= 0.3 is 0 Å². The van der Waals surface area contributed by atoms with E-state index in [-0.39, 0.29) is 0 Å². The summed E-state index contributed by atoms with van der Waals surface area (Å²) < 4.78 is 13.4. The van der Waals surface area contributed by atoms with Crippen molar-refractivity contribution in [3.05, 3.63) is 64.7 Å². The number of benzene rings is 2. The minimum absolute atomic E-state index is 0.345. The van der Waals surface area contributed by atoms with Crippen LogP contribution in [-0.2, 0) is 0 Å². The Labute approximate surface area is 107 Å². The number of rotatable bonds is 1. The molecule has 1 heterocycles. The van der Waals surface area contributed by atoms with Gasteiger partial charge in [0.15, 0.2) is 0 Å². The lowest BCUT2D eigenvalue weighted by atomic mass is 10.1. The second kappa shape index (κ2) is 4.20. The summed E-state index contributed by atoms with van der Waals surface area (Å²) in [7, 11) is 0. The van der Waals surface area contributed by atoms with Gasteiger partial charge in [0, 0.05) is 10.9 Å². The number of nitrogens with zero attached hydrogens (tertiary/aromatic N) is 2. The van der Waals surface area contributed by atoms with Gasteiger partial charge in [-0.15, -0.1) is 9.89 Å². The highest BCUT2D eigenvalue weighted by Gasteiger charge is 2.11. The molecular formula is C14H10FN3O. The molecule has 2 N–H and O–H groups in total. The molecule has 0 unspecified atom stereocenters. The van der Waals surface area contributed by atoms with E-state index in [0.717, 1.165) is 10.4 Å². The van der Waals surface area contributed by atoms with Gasteiger partial charge in [-0.3, -0.25) is 4.79 Å². The minimum atomic E-state index is -0.449. The molecule has 0 aliphatic heterocycles. The second-order valence-corrected chi connectivity index (χ2v) is 4.15. The lowest BCUT2D eigenvalue weighted by molar-refractivity contribution is 0.629. The van der Waals surface area contributed by atoms with Crippen LogP contribution in [0.1, 0.15) is 0 Å². The van der Waals surface area contributed by atoms with Crippen LogP contribution < -0.4 is 11.4 Å². The summed E-state index contributed by atoms with van der Waals surface area (Å²) in [5, 5.41) is 4.83. The summed E-state index contributed by atoms with van der Waals surface area (Å²) in [6, 6.07) is 13.2. The third kappa shape index (κ3) is 1.85. The largest absolute Gasteiger partial charge is 0.320 e. The van der Waals surface area contributed by atoms with Crippen LogP contribution in [0.15, 0.2) is 53.3 Å². The van der Waals surface area contributed by atoms with Gasteiger partial charge in [0.2, 0.25) is 0 Å². The van der Waals surface area contributed by atoms with E-state index in [1.807, 2.05) is 30.3 Å². The molecule has 1 aromatic heterocycles. The Morgan fingerprint density at radius 2 is 1.79 bits per heavy atom. The molecule has 3 aromatic rings. The fourth-order valence-electron chi connectivity index (χ4n) is 2.04. The smallest absolute Gasteiger partial charge is 0.293 e. The Hall–Kier alpha value is -2.69. The van der Waals surface area contributed by atoms with E-state index in [9.17, 15) is 9.18 Å². The molecule has 3 rings (SSSR count). The Morgan fingerprint density at radius 3 is 2.53 bits per heavy atom. The summed E-state index contributed by atoms with van der Waals surface area (Å²) in [6.45, 7) is 0. The zero-order valence-corrected chi connectivity index (χ0v) is 9.88. The maximum Gasteiger partial charge on any atom is 0.293 e. The fourth-order valence-corrected chi connectivity index (χ4v) is 2.04. The van der Waals surface area contributed by atoms with Gasteiger partial charge in [-0.1, -0.05) is 30.3 Å². The molecule has 0 saturated carbocycles. The quantitative estimate of drug-likeness (QED) is 0.676. The lowest BCUT2D eigenvalue weighted by Gasteiger charge is -2.07. The number of hydrogen-bond donors (Lipinski definition) is 1. The Balaban J connectivity index is 2.45. The minimum Gasteiger partial charge on any atom is -0.320 e. The number of aromatic nitrogens is 2. The zero-order valence-electron chi connectivity index (χ0n) is 9.88. The highest BCUT2D eigenvalue weighted by molar-refractivity contribution is 5.93. The molecule has 2 aromatic carbocycles. The van der Waals surface area contributed by atoms with Gasteiger partial charge in [-0.2, -0.15) is 0 Å². The molecule has 0 amide bonds. The van der Waals surface area contributed by atoms with Crippen LogP contribution in [0.3, 0.4) is 0 Å². The van der Waals surface area contributed by atoms with Crippen LogP contribution >= 0.6 is 0 Å². The van der Waals surface area contributed by atoms with Gasteiger partial charge in [-0.25, -0.2) is 4.39 Å². The van der Waals surface area contributed by atoms with E-state index in [0.29, 0.717) is 16.5 Å². The van der Waals surface area contributed by atoms with Crippen molar-refractivity contribution in [3.8, 4) is 11.3 Å². The number of fused-ring (bicyclic) bond motifs is 1. The summed E-state index contributed by atoms with van der Waals surface area (Å²) in [4.78, 5) is 12.7. The maximum atomic E-state index is 13.4. The van der Waals surface area contributed by atoms with Gasteiger partial charge in [0.1, 0.15) is 11.5 Å². The first kappa shape index (κ1) is 11.4. The van der Waals surface area contributed by atoms with Crippen molar-refractivity contribution < 1.29 is 4.39 Å². The molecule has 0 aliphatic carbocycles. The van der Waals surface area contributed by atoms with Crippen molar-refractivity contribution in [3.63, 3.8) is 0 Å². The van der Waals surface area contributed by atoms with Gasteiger partial charge in [0.25, 0.3) is 5.56 Å². The van der Waals surface area contributed by atoms with Crippen molar-refractivity contribution in [1.29, 1.82) is 0 Å². The van der Waals surface area contributed by atoms with Crippen molar-refractivity contribution in [1.82, 2.24) is 9.89 Å². The van der Waals surface area contributed by atoms with Crippen LogP contribution in [0.25, 0.3) is 22.0 Å². The molecule has 94 valence electrons. The molecule has 19 heavy (non-hydrogen) atoms. The summed E-state index contributed by atoms with van der Waals surface area (Å²) in [6.07, 6.45) is 0. The van der Waals surface area contributed by atoms with E-state index in [2.05, 4.69) is 5.10 Å². The van der Waals surface area contributed by atoms with Crippen molar-refractivity contribution in [2.45, 2.75) is 0 Å². The standard InChI is InChI=1S/C14H10FN3O/c15-10-6-7-11-12(8-10)13(17-18(16)14(11)19)9-4-2-1-3-5-9/h1-8H,16H2. The lowest BCUT2D eigenvalue weighted by Crippen LogP contribution is -2.30. The molecule has 4 nitrogen and oxygen atoms in total. The van der Waals surface area contributed by atoms with Crippen LogP contribution in [0.2, 0.25) is 0 Å². The van der Waals surface area contributed by atoms with Gasteiger partial charge < -0.3 is 5.84 Å². The van der Waals surface area contributed by atoms with E-state index in [1.54, 1.807) is 0 Å². The Kier molecular flexibility index (Phi) is 2.52. The fraction of sp³-hybridized carbons (Fsp3) is 0. The van der Waals surface area contributed by atoms with Crippen LogP contribution in [-0.4, -0.2) is 9.89 Å². The third-order valence-corrected chi connectivity index (χ3v) is 2.93. The highest BCUT2D eigenvalue weighted by atomic mass is 19.1. The number of halogens is 1. The average molecular weight is 255 g/mol. The molecule has 0 bridgehead atoms. The zero-order chi connectivity index (χ0) is 13.4. The van der Waals surface area contributed by atoms with Crippen molar-refractivity contribution in [2.75, 3.05) is 5.84 Å². The van der Waals surface area contributed by atoms with Crippen LogP contribution in [0.5, 0.6) is 0 Å². The van der Waals surface area contributed by atoms with E-state index >= 15 is 0 Å². The summed E-state index contributed by atoms with van der Waals surface area (Å²) >= 11 is 0. The molecule has 0 saturated heterocycles. The molecule has 0 spiro atoms. The summed E-state index contributed by atoms with van der Waals surface area (Å²) in [5.74, 6) is 5.15. The SMILES string of the molecule is Nn1nc(-c2ccccc2)c2cc(F)ccc2c1=O. The third-order valence-electron chi connectivity index (χ3n) is 2.93. The Morgan fingerprint density at radius 1 is 1.05 bits per heavy atom. The average Bonchev–Trinajstić information content (AvgIpc) is 2.43. The molecule has 0 fully saturated rings. The molecule has 0 aliphatic rings. The monoisotopic (exact) mass is 255 g/mol. The van der Waals surface area contributed by atoms with E-state index < -0.39 is 11.4 Å². The number of nitrogen functional groups attached to an aromatic ring is 1. The maximum absolute atomic E-state index is 13.4. The van der Waals surface area contributed by atoms with Gasteiger partial charge in [0.05, 0.1) is 5.39 Å². The summed E-state index contributed by atoms with van der Waals surface area (Å²) in [5.41, 5.74) is 0.809. The van der Waals surface area contributed by atoms with Gasteiger partial charge in [-0.05, 0) is 18.2 Å². The normalized spacial score (nSPS) is 10.8. The topological polar surface area (TPSA) is 60.9 Å². The van der Waals surface area contributed by atoms with E-state index in [1.165, 1.54) is 18.2 Å². The predicted molar refractivity (Wildman–Crippen MR) is 71.5 cm³/mol. The predicted octanol–water partition coefficient (Wildman–Crippen LogP) is 1.92. The van der Waals surface area contributed by atoms with E-state index in [4.69, 9.17) is 5.84 Å².